The second-order valence-corrected chi connectivity index (χ2v) is 10.8. The van der Waals surface area contributed by atoms with Crippen molar-refractivity contribution >= 4 is 11.9 Å². The lowest BCUT2D eigenvalue weighted by Crippen LogP contribution is -2.14. The summed E-state index contributed by atoms with van der Waals surface area (Å²) in [6.45, 7) is 11.2. The molecule has 2 aromatic rings. The van der Waals surface area contributed by atoms with Crippen LogP contribution < -0.4 is 0 Å². The molecule has 10 heteroatoms. The number of hydrogen-bond donors (Lipinski definition) is 2. The molecule has 0 spiro atoms. The average molecular weight is 545 g/mol. The van der Waals surface area contributed by atoms with Gasteiger partial charge in [-0.3, -0.25) is 0 Å². The van der Waals surface area contributed by atoms with Crippen molar-refractivity contribution in [2.24, 2.45) is 10.8 Å². The number of carboxylic acids is 2. The molecule has 2 aromatic carbocycles. The van der Waals surface area contributed by atoms with E-state index >= 15 is 0 Å². The molecule has 0 amide bonds. The van der Waals surface area contributed by atoms with Crippen LogP contribution in [0.2, 0.25) is 0 Å². The van der Waals surface area contributed by atoms with Gasteiger partial charge in [0.25, 0.3) is 0 Å². The van der Waals surface area contributed by atoms with E-state index in [9.17, 15) is 35.9 Å². The van der Waals surface area contributed by atoms with Crippen LogP contribution in [0.3, 0.4) is 0 Å². The highest BCUT2D eigenvalue weighted by Crippen LogP contribution is 2.35. The van der Waals surface area contributed by atoms with Crippen molar-refractivity contribution in [2.45, 2.75) is 66.7 Å². The van der Waals surface area contributed by atoms with E-state index in [1.54, 1.807) is 20.8 Å². The number of aromatic carboxylic acids is 2. The number of rotatable bonds is 4. The van der Waals surface area contributed by atoms with Crippen molar-refractivity contribution in [1.82, 2.24) is 0 Å². The number of aryl methyl sites for hydroxylation is 1. The van der Waals surface area contributed by atoms with E-state index in [4.69, 9.17) is 10.2 Å². The van der Waals surface area contributed by atoms with Gasteiger partial charge in [-0.2, -0.15) is 26.3 Å². The number of hydrogen-bond acceptors (Lipinski definition) is 2. The molecule has 0 aliphatic carbocycles. The molecule has 38 heavy (non-hydrogen) atoms. The van der Waals surface area contributed by atoms with Gasteiger partial charge in [0, 0.05) is 11.0 Å². The Kier molecular flexibility index (Phi) is 10.2. The molecular formula is C28H30F6O4. The fourth-order valence-corrected chi connectivity index (χ4v) is 2.98. The zero-order valence-corrected chi connectivity index (χ0v) is 21.9. The second kappa shape index (κ2) is 11.9. The smallest absolute Gasteiger partial charge is 0.417 e. The summed E-state index contributed by atoms with van der Waals surface area (Å²) in [4.78, 5) is 21.4. The third kappa shape index (κ3) is 10.9. The van der Waals surface area contributed by atoms with Crippen molar-refractivity contribution in [3.05, 3.63) is 69.8 Å². The minimum absolute atomic E-state index is 0.0751. The van der Waals surface area contributed by atoms with Gasteiger partial charge in [0.05, 0.1) is 22.3 Å². The standard InChI is InChI=1S/C14H17F3O2.C14H13F3O2/c2*1-13(2,3)7-6-9-4-5-10(12(18)19)8-11(9)14(15,16)17/h4-5,8H,6-7H2,1-3H3,(H,18,19);4-5,8H,1-3H3,(H,18,19). The lowest BCUT2D eigenvalue weighted by Gasteiger charge is -2.20. The van der Waals surface area contributed by atoms with Crippen LogP contribution in [0, 0.1) is 22.7 Å². The highest BCUT2D eigenvalue weighted by Gasteiger charge is 2.35. The Labute approximate surface area is 217 Å². The molecule has 2 rings (SSSR count). The molecule has 0 bridgehead atoms. The second-order valence-electron chi connectivity index (χ2n) is 10.8. The molecule has 0 aromatic heterocycles. The minimum Gasteiger partial charge on any atom is -0.478 e. The number of carbonyl (C=O) groups is 2. The summed E-state index contributed by atoms with van der Waals surface area (Å²) in [7, 11) is 0. The summed E-state index contributed by atoms with van der Waals surface area (Å²) in [6.07, 6.45) is -8.28. The first-order valence-electron chi connectivity index (χ1n) is 11.4. The van der Waals surface area contributed by atoms with E-state index < -0.39 is 46.4 Å². The molecule has 4 nitrogen and oxygen atoms in total. The number of benzene rings is 2. The van der Waals surface area contributed by atoms with Gasteiger partial charge in [0.15, 0.2) is 0 Å². The molecule has 0 aliphatic rings. The molecule has 208 valence electrons. The largest absolute Gasteiger partial charge is 0.478 e. The first-order valence-corrected chi connectivity index (χ1v) is 11.4. The monoisotopic (exact) mass is 544 g/mol. The fraction of sp³-hybridized carbons (Fsp3) is 0.429. The van der Waals surface area contributed by atoms with Gasteiger partial charge in [-0.1, -0.05) is 38.7 Å². The van der Waals surface area contributed by atoms with E-state index in [1.807, 2.05) is 20.8 Å². The first kappa shape index (κ1) is 32.5. The van der Waals surface area contributed by atoms with Gasteiger partial charge in [0.1, 0.15) is 0 Å². The van der Waals surface area contributed by atoms with Crippen LogP contribution in [-0.2, 0) is 18.8 Å². The van der Waals surface area contributed by atoms with Crippen LogP contribution in [0.1, 0.15) is 90.9 Å². The Morgan fingerprint density at radius 3 is 1.58 bits per heavy atom. The third-order valence-electron chi connectivity index (χ3n) is 4.95. The molecule has 0 heterocycles. The SMILES string of the molecule is CC(C)(C)C#Cc1ccc(C(=O)O)cc1C(F)(F)F.CC(C)(C)CCc1ccc(C(=O)O)cc1C(F)(F)F. The Hall–Kier alpha value is -3.48. The van der Waals surface area contributed by atoms with Gasteiger partial charge in [-0.15, -0.1) is 0 Å². The normalized spacial score (nSPS) is 12.1. The fourth-order valence-electron chi connectivity index (χ4n) is 2.98. The van der Waals surface area contributed by atoms with E-state index in [0.29, 0.717) is 18.6 Å². The summed E-state index contributed by atoms with van der Waals surface area (Å²) in [5.74, 6) is 2.41. The molecule has 0 fully saturated rings. The third-order valence-corrected chi connectivity index (χ3v) is 4.95. The van der Waals surface area contributed by atoms with Gasteiger partial charge < -0.3 is 10.2 Å². The van der Waals surface area contributed by atoms with Gasteiger partial charge in [-0.25, -0.2) is 9.59 Å². The molecule has 0 saturated carbocycles. The molecule has 2 N–H and O–H groups in total. The van der Waals surface area contributed by atoms with Crippen molar-refractivity contribution in [2.75, 3.05) is 0 Å². The Morgan fingerprint density at radius 2 is 1.18 bits per heavy atom. The summed E-state index contributed by atoms with van der Waals surface area (Å²) < 4.78 is 77.3. The maximum Gasteiger partial charge on any atom is 0.417 e. The van der Waals surface area contributed by atoms with Crippen LogP contribution in [0.25, 0.3) is 0 Å². The number of carboxylic acid groups (broad SMARTS) is 2. The summed E-state index contributed by atoms with van der Waals surface area (Å²) >= 11 is 0. The molecular weight excluding hydrogens is 514 g/mol. The van der Waals surface area contributed by atoms with Crippen LogP contribution in [0.5, 0.6) is 0 Å². The quantitative estimate of drug-likeness (QED) is 0.301. The summed E-state index contributed by atoms with van der Waals surface area (Å²) in [6, 6.07) is 6.00. The van der Waals surface area contributed by atoms with Crippen LogP contribution >= 0.6 is 0 Å². The molecule has 0 radical (unpaired) electrons. The van der Waals surface area contributed by atoms with Crippen molar-refractivity contribution in [1.29, 1.82) is 0 Å². The van der Waals surface area contributed by atoms with Gasteiger partial charge >= 0.3 is 24.3 Å². The van der Waals surface area contributed by atoms with Crippen LogP contribution in [-0.4, -0.2) is 22.2 Å². The van der Waals surface area contributed by atoms with Crippen molar-refractivity contribution in [3.8, 4) is 11.8 Å². The van der Waals surface area contributed by atoms with E-state index in [0.717, 1.165) is 12.1 Å². The first-order chi connectivity index (χ1) is 17.0. The zero-order valence-electron chi connectivity index (χ0n) is 21.9. The Balaban J connectivity index is 0.000000380. The highest BCUT2D eigenvalue weighted by atomic mass is 19.4. The molecule has 0 atom stereocenters. The van der Waals surface area contributed by atoms with Crippen LogP contribution in [0.15, 0.2) is 36.4 Å². The summed E-state index contributed by atoms with van der Waals surface area (Å²) in [5.41, 5.74) is -3.20. The summed E-state index contributed by atoms with van der Waals surface area (Å²) in [5, 5.41) is 17.5. The van der Waals surface area contributed by atoms with Crippen molar-refractivity contribution < 1.29 is 46.1 Å². The van der Waals surface area contributed by atoms with Gasteiger partial charge in [-0.05, 0) is 74.9 Å². The number of halogens is 6. The predicted molar refractivity (Wildman–Crippen MR) is 131 cm³/mol. The molecule has 0 aliphatic heterocycles. The molecule has 0 unspecified atom stereocenters. The zero-order chi connectivity index (χ0) is 29.7. The Morgan fingerprint density at radius 1 is 0.737 bits per heavy atom. The highest BCUT2D eigenvalue weighted by molar-refractivity contribution is 5.88. The molecule has 0 saturated heterocycles. The maximum atomic E-state index is 12.9. The van der Waals surface area contributed by atoms with E-state index in [1.165, 1.54) is 12.1 Å². The Bertz CT molecular complexity index is 1220. The predicted octanol–water partition coefficient (Wildman–Crippen LogP) is 8.18. The maximum absolute atomic E-state index is 12.9. The van der Waals surface area contributed by atoms with E-state index in [2.05, 4.69) is 11.8 Å². The topological polar surface area (TPSA) is 74.6 Å². The lowest BCUT2D eigenvalue weighted by molar-refractivity contribution is -0.138. The van der Waals surface area contributed by atoms with Crippen LogP contribution in [0.4, 0.5) is 26.3 Å². The van der Waals surface area contributed by atoms with Gasteiger partial charge in [0.2, 0.25) is 0 Å². The minimum atomic E-state index is -4.63. The van der Waals surface area contributed by atoms with Crippen molar-refractivity contribution in [3.63, 3.8) is 0 Å². The average Bonchev–Trinajstić information content (AvgIpc) is 2.74. The number of alkyl halides is 6. The lowest BCUT2D eigenvalue weighted by atomic mass is 9.87. The van der Waals surface area contributed by atoms with E-state index in [-0.39, 0.29) is 28.5 Å².